The van der Waals surface area contributed by atoms with Crippen LogP contribution in [0.2, 0.25) is 0 Å². The van der Waals surface area contributed by atoms with E-state index < -0.39 is 0 Å². The Kier molecular flexibility index (Phi) is 6.09. The van der Waals surface area contributed by atoms with Gasteiger partial charge in [-0.3, -0.25) is 0 Å². The molecule has 232 valence electrons. The minimum Gasteiger partial charge on any atom is -0.134 e. The van der Waals surface area contributed by atoms with Gasteiger partial charge in [-0.1, -0.05) is 146 Å². The van der Waals surface area contributed by atoms with Crippen LogP contribution < -0.4 is 0 Å². The number of fused-ring (bicyclic) bond motifs is 13. The summed E-state index contributed by atoms with van der Waals surface area (Å²) in [4.78, 5) is 0. The second-order valence-corrected chi connectivity index (χ2v) is 15.3. The van der Waals surface area contributed by atoms with Crippen LogP contribution in [0.25, 0.3) is 106 Å². The molecule has 0 atom stereocenters. The van der Waals surface area contributed by atoms with Gasteiger partial charge in [-0.25, -0.2) is 0 Å². The summed E-state index contributed by atoms with van der Waals surface area (Å²) in [6, 6.07) is 62.9. The average molecular weight is 669 g/mol. The molecule has 0 unspecified atom stereocenters. The van der Waals surface area contributed by atoms with Gasteiger partial charge in [0.25, 0.3) is 0 Å². The van der Waals surface area contributed by atoms with E-state index in [1.54, 1.807) is 0 Å². The molecule has 0 aliphatic rings. The maximum Gasteiger partial charge on any atom is 0.0534 e. The van der Waals surface area contributed by atoms with Crippen LogP contribution in [0, 0.1) is 0 Å². The Labute approximate surface area is 297 Å². The summed E-state index contributed by atoms with van der Waals surface area (Å²) in [6.45, 7) is 0. The summed E-state index contributed by atoms with van der Waals surface area (Å²) >= 11 is 3.84. The molecule has 11 aromatic rings. The zero-order chi connectivity index (χ0) is 32.8. The molecule has 0 nitrogen and oxygen atoms in total. The van der Waals surface area contributed by atoms with Gasteiger partial charge in [0.2, 0.25) is 0 Å². The number of hydrogen-bond acceptors (Lipinski definition) is 2. The monoisotopic (exact) mass is 668 g/mol. The van der Waals surface area contributed by atoms with Crippen molar-refractivity contribution in [2.75, 3.05) is 0 Å². The summed E-state index contributed by atoms with van der Waals surface area (Å²) in [5, 5.41) is 13.3. The van der Waals surface area contributed by atoms with E-state index in [-0.39, 0.29) is 0 Å². The van der Waals surface area contributed by atoms with Crippen molar-refractivity contribution in [3.8, 4) is 33.4 Å². The third-order valence-corrected chi connectivity index (χ3v) is 13.0. The first-order valence-corrected chi connectivity index (χ1v) is 18.7. The van der Waals surface area contributed by atoms with Crippen molar-refractivity contribution >= 4 is 95.3 Å². The Balaban J connectivity index is 0.920. The van der Waals surface area contributed by atoms with Gasteiger partial charge < -0.3 is 0 Å². The molecule has 0 spiro atoms. The smallest absolute Gasteiger partial charge is 0.0534 e. The minimum atomic E-state index is 1.23. The van der Waals surface area contributed by atoms with E-state index in [1.165, 1.54) is 106 Å². The van der Waals surface area contributed by atoms with Gasteiger partial charge in [0.1, 0.15) is 0 Å². The van der Waals surface area contributed by atoms with Crippen LogP contribution in [0.5, 0.6) is 0 Å². The number of thiophene rings is 2. The number of hydrogen-bond donors (Lipinski definition) is 0. The van der Waals surface area contributed by atoms with E-state index in [9.17, 15) is 0 Å². The Morgan fingerprint density at radius 2 is 0.560 bits per heavy atom. The quantitative estimate of drug-likeness (QED) is 0.164. The summed E-state index contributed by atoms with van der Waals surface area (Å²) < 4.78 is 5.52. The maximum atomic E-state index is 2.38. The molecule has 0 fully saturated rings. The highest BCUT2D eigenvalue weighted by Gasteiger charge is 2.14. The second-order valence-electron chi connectivity index (χ2n) is 13.2. The third kappa shape index (κ3) is 4.23. The Morgan fingerprint density at radius 1 is 0.220 bits per heavy atom. The van der Waals surface area contributed by atoms with E-state index in [1.807, 2.05) is 22.7 Å². The van der Waals surface area contributed by atoms with Crippen molar-refractivity contribution in [2.24, 2.45) is 0 Å². The van der Waals surface area contributed by atoms with Crippen LogP contribution in [0.4, 0.5) is 0 Å². The van der Waals surface area contributed by atoms with Crippen LogP contribution in [0.3, 0.4) is 0 Å². The molecule has 0 N–H and O–H groups in total. The Bertz CT molecular complexity index is 3090. The van der Waals surface area contributed by atoms with Crippen LogP contribution in [0.1, 0.15) is 0 Å². The molecule has 0 bridgehead atoms. The highest BCUT2D eigenvalue weighted by Crippen LogP contribution is 2.45. The molecule has 50 heavy (non-hydrogen) atoms. The van der Waals surface area contributed by atoms with Gasteiger partial charge in [-0.05, 0) is 90.0 Å². The van der Waals surface area contributed by atoms with Crippen molar-refractivity contribution in [3.63, 3.8) is 0 Å². The molecule has 2 heterocycles. The minimum absolute atomic E-state index is 1.23. The van der Waals surface area contributed by atoms with Crippen LogP contribution in [0.15, 0.2) is 170 Å². The van der Waals surface area contributed by atoms with Crippen molar-refractivity contribution in [1.82, 2.24) is 0 Å². The molecule has 0 saturated heterocycles. The fraction of sp³-hybridized carbons (Fsp3) is 0. The van der Waals surface area contributed by atoms with Crippen LogP contribution >= 0.6 is 22.7 Å². The van der Waals surface area contributed by atoms with E-state index in [0.717, 1.165) is 0 Å². The van der Waals surface area contributed by atoms with Crippen molar-refractivity contribution in [2.45, 2.75) is 0 Å². The topological polar surface area (TPSA) is 0 Å². The normalized spacial score (nSPS) is 12.0. The van der Waals surface area contributed by atoms with Crippen molar-refractivity contribution < 1.29 is 0 Å². The zero-order valence-electron chi connectivity index (χ0n) is 27.0. The lowest BCUT2D eigenvalue weighted by molar-refractivity contribution is 1.59. The highest BCUT2D eigenvalue weighted by atomic mass is 32.1. The fourth-order valence-electron chi connectivity index (χ4n) is 7.99. The fourth-order valence-corrected chi connectivity index (χ4v) is 10.5. The average Bonchev–Trinajstić information content (AvgIpc) is 3.76. The van der Waals surface area contributed by atoms with E-state index in [2.05, 4.69) is 170 Å². The molecule has 0 saturated carbocycles. The van der Waals surface area contributed by atoms with Crippen molar-refractivity contribution in [3.05, 3.63) is 170 Å². The molecule has 2 aromatic heterocycles. The first-order valence-electron chi connectivity index (χ1n) is 17.1. The highest BCUT2D eigenvalue weighted by molar-refractivity contribution is 7.33. The molecule has 0 aliphatic carbocycles. The summed E-state index contributed by atoms with van der Waals surface area (Å²) in [7, 11) is 0. The standard InChI is InChI=1S/C48H28S2/c1-2-9-37-35(7-1)36-8-3-4-10-38(36)43-27-33(21-23-39(37)43)31-17-13-29(14-18-31)30-15-19-32(20-16-30)34-22-26-46-44(28-34)42-25-24-41-40-11-5-6-12-45(40)49-47(41)48(42)50-46/h1-28H. The van der Waals surface area contributed by atoms with Crippen LogP contribution in [-0.4, -0.2) is 0 Å². The number of benzene rings is 9. The first kappa shape index (κ1) is 28.1. The molecule has 9 aromatic carbocycles. The van der Waals surface area contributed by atoms with Gasteiger partial charge in [0, 0.05) is 30.9 Å². The predicted octanol–water partition coefficient (Wildman–Crippen LogP) is 14.9. The lowest BCUT2D eigenvalue weighted by Gasteiger charge is -2.12. The predicted molar refractivity (Wildman–Crippen MR) is 221 cm³/mol. The van der Waals surface area contributed by atoms with E-state index in [0.29, 0.717) is 0 Å². The molecule has 2 heteroatoms. The SMILES string of the molecule is c1ccc2c(c1)sc1c2ccc2c3cc(-c4ccc(-c5ccc(-c6ccc7c8ccccc8c8ccccc8c7c6)cc5)cc4)ccc3sc21. The number of rotatable bonds is 3. The van der Waals surface area contributed by atoms with Gasteiger partial charge in [0.15, 0.2) is 0 Å². The van der Waals surface area contributed by atoms with Gasteiger partial charge in [-0.15, -0.1) is 22.7 Å². The van der Waals surface area contributed by atoms with Gasteiger partial charge in [-0.2, -0.15) is 0 Å². The summed E-state index contributed by atoms with van der Waals surface area (Å²) in [5.74, 6) is 0. The largest absolute Gasteiger partial charge is 0.134 e. The lowest BCUT2D eigenvalue weighted by Crippen LogP contribution is -1.85. The molecular formula is C48H28S2. The van der Waals surface area contributed by atoms with E-state index >= 15 is 0 Å². The maximum absolute atomic E-state index is 2.38. The third-order valence-electron chi connectivity index (χ3n) is 10.5. The van der Waals surface area contributed by atoms with Gasteiger partial charge >= 0.3 is 0 Å². The van der Waals surface area contributed by atoms with Crippen molar-refractivity contribution in [1.29, 1.82) is 0 Å². The first-order chi connectivity index (χ1) is 24.8. The van der Waals surface area contributed by atoms with Gasteiger partial charge in [0.05, 0.1) is 9.40 Å². The molecule has 0 radical (unpaired) electrons. The molecule has 0 aliphatic heterocycles. The summed E-state index contributed by atoms with van der Waals surface area (Å²) in [5.41, 5.74) is 7.42. The Morgan fingerprint density at radius 3 is 1.12 bits per heavy atom. The summed E-state index contributed by atoms with van der Waals surface area (Å²) in [6.07, 6.45) is 0. The Hall–Kier alpha value is -5.80. The molecule has 11 rings (SSSR count). The lowest BCUT2D eigenvalue weighted by atomic mass is 9.91. The van der Waals surface area contributed by atoms with Crippen LogP contribution in [-0.2, 0) is 0 Å². The zero-order valence-corrected chi connectivity index (χ0v) is 28.6. The molecular weight excluding hydrogens is 641 g/mol. The molecule has 0 amide bonds. The second kappa shape index (κ2) is 10.9. The van der Waals surface area contributed by atoms with E-state index in [4.69, 9.17) is 0 Å².